The zero-order valence-electron chi connectivity index (χ0n) is 14.6. The molecule has 2 atom stereocenters. The molecule has 3 rings (SSSR count). The van der Waals surface area contributed by atoms with Crippen LogP contribution < -0.4 is 10.1 Å². The molecule has 24 heavy (non-hydrogen) atoms. The maximum absolute atomic E-state index is 12.3. The van der Waals surface area contributed by atoms with Gasteiger partial charge in [0, 0.05) is 24.5 Å². The van der Waals surface area contributed by atoms with Crippen LogP contribution in [-0.4, -0.2) is 37.6 Å². The van der Waals surface area contributed by atoms with Gasteiger partial charge in [0.25, 0.3) is 0 Å². The Morgan fingerprint density at radius 3 is 3.00 bits per heavy atom. The van der Waals surface area contributed by atoms with Gasteiger partial charge in [-0.3, -0.25) is 4.79 Å². The normalized spacial score (nSPS) is 26.9. The van der Waals surface area contributed by atoms with Gasteiger partial charge in [-0.05, 0) is 55.3 Å². The average Bonchev–Trinajstić information content (AvgIpc) is 3.12. The molecule has 2 aliphatic rings. The number of anilines is 1. The number of nitrogens with zero attached hydrogens (tertiary/aromatic N) is 1. The van der Waals surface area contributed by atoms with Crippen molar-refractivity contribution in [3.05, 3.63) is 23.2 Å². The minimum absolute atomic E-state index is 0.0105. The van der Waals surface area contributed by atoms with Crippen molar-refractivity contribution >= 4 is 23.2 Å². The molecular weight excluding hydrogens is 324 g/mol. The fraction of sp³-hybridized carbons (Fsp3) is 0.632. The number of nitrogens with one attached hydrogen (secondary N) is 1. The monoisotopic (exact) mass is 350 g/mol. The van der Waals surface area contributed by atoms with E-state index in [4.69, 9.17) is 16.3 Å². The van der Waals surface area contributed by atoms with Gasteiger partial charge < -0.3 is 15.0 Å². The molecule has 2 fully saturated rings. The van der Waals surface area contributed by atoms with E-state index in [0.29, 0.717) is 28.3 Å². The Balaban J connectivity index is 1.49. The minimum atomic E-state index is 0.0105. The highest BCUT2D eigenvalue weighted by Crippen LogP contribution is 2.47. The zero-order chi connectivity index (χ0) is 17.2. The van der Waals surface area contributed by atoms with E-state index in [2.05, 4.69) is 17.1 Å². The first-order valence-corrected chi connectivity index (χ1v) is 9.23. The standard InChI is InChI=1S/C19H27ClN2O2/c1-14-5-7-19(12-14)8-10-22(13-19)9-6-18(23)21-16-11-15(20)3-4-17(16)24-2/h3-4,11,14H,5-10,12-13H2,1-2H3,(H,21,23)/t14-,19+/m0/s1. The van der Waals surface area contributed by atoms with E-state index in [1.807, 2.05) is 0 Å². The maximum atomic E-state index is 12.3. The quantitative estimate of drug-likeness (QED) is 0.865. The molecule has 1 aliphatic heterocycles. The zero-order valence-corrected chi connectivity index (χ0v) is 15.4. The van der Waals surface area contributed by atoms with Gasteiger partial charge in [0.1, 0.15) is 5.75 Å². The summed E-state index contributed by atoms with van der Waals surface area (Å²) in [7, 11) is 1.59. The summed E-state index contributed by atoms with van der Waals surface area (Å²) in [6, 6.07) is 5.24. The third-order valence-electron chi connectivity index (χ3n) is 5.56. The number of rotatable bonds is 5. The van der Waals surface area contributed by atoms with E-state index in [-0.39, 0.29) is 5.91 Å². The molecule has 1 saturated heterocycles. The Morgan fingerprint density at radius 1 is 1.46 bits per heavy atom. The molecule has 1 aromatic carbocycles. The van der Waals surface area contributed by atoms with Crippen LogP contribution in [-0.2, 0) is 4.79 Å². The van der Waals surface area contributed by atoms with Gasteiger partial charge in [-0.15, -0.1) is 0 Å². The van der Waals surface area contributed by atoms with Gasteiger partial charge in [-0.25, -0.2) is 0 Å². The molecule has 1 amide bonds. The topological polar surface area (TPSA) is 41.6 Å². The Labute approximate surface area is 149 Å². The fourth-order valence-corrected chi connectivity index (χ4v) is 4.51. The molecule has 1 heterocycles. The van der Waals surface area contributed by atoms with Crippen molar-refractivity contribution in [1.82, 2.24) is 4.90 Å². The van der Waals surface area contributed by atoms with Crippen LogP contribution in [0.5, 0.6) is 5.75 Å². The molecular formula is C19H27ClN2O2. The Kier molecular flexibility index (Phi) is 5.36. The van der Waals surface area contributed by atoms with Crippen LogP contribution in [0.25, 0.3) is 0 Å². The van der Waals surface area contributed by atoms with Gasteiger partial charge in [0.2, 0.25) is 5.91 Å². The molecule has 0 bridgehead atoms. The third-order valence-corrected chi connectivity index (χ3v) is 5.79. The number of methoxy groups -OCH3 is 1. The first kappa shape index (κ1) is 17.6. The van der Waals surface area contributed by atoms with Crippen molar-refractivity contribution in [2.45, 2.75) is 39.0 Å². The van der Waals surface area contributed by atoms with E-state index in [0.717, 1.165) is 25.6 Å². The number of halogens is 1. The highest BCUT2D eigenvalue weighted by Gasteiger charge is 2.42. The van der Waals surface area contributed by atoms with E-state index < -0.39 is 0 Å². The van der Waals surface area contributed by atoms with Gasteiger partial charge >= 0.3 is 0 Å². The highest BCUT2D eigenvalue weighted by atomic mass is 35.5. The second kappa shape index (κ2) is 7.32. The molecule has 0 aromatic heterocycles. The SMILES string of the molecule is COc1ccc(Cl)cc1NC(=O)CCN1CC[C@@]2(CC[C@H](C)C2)C1. The van der Waals surface area contributed by atoms with Crippen molar-refractivity contribution in [3.63, 3.8) is 0 Å². The molecule has 132 valence electrons. The van der Waals surface area contributed by atoms with Crippen molar-refractivity contribution in [3.8, 4) is 5.75 Å². The number of ether oxygens (including phenoxy) is 1. The average molecular weight is 351 g/mol. The number of amides is 1. The van der Waals surface area contributed by atoms with Crippen LogP contribution >= 0.6 is 11.6 Å². The predicted molar refractivity (Wildman–Crippen MR) is 97.8 cm³/mol. The number of carbonyl (C=O) groups is 1. The lowest BCUT2D eigenvalue weighted by molar-refractivity contribution is -0.116. The summed E-state index contributed by atoms with van der Waals surface area (Å²) >= 11 is 6.00. The number of benzene rings is 1. The van der Waals surface area contributed by atoms with Crippen LogP contribution in [0.4, 0.5) is 5.69 Å². The first-order chi connectivity index (χ1) is 11.5. The lowest BCUT2D eigenvalue weighted by Crippen LogP contribution is -2.28. The van der Waals surface area contributed by atoms with Gasteiger partial charge in [-0.1, -0.05) is 24.9 Å². The Bertz CT molecular complexity index is 607. The minimum Gasteiger partial charge on any atom is -0.495 e. The van der Waals surface area contributed by atoms with E-state index in [9.17, 15) is 4.79 Å². The Hall–Kier alpha value is -1.26. The lowest BCUT2D eigenvalue weighted by Gasteiger charge is -2.24. The summed E-state index contributed by atoms with van der Waals surface area (Å²) in [4.78, 5) is 14.7. The van der Waals surface area contributed by atoms with Crippen LogP contribution in [0.2, 0.25) is 5.02 Å². The van der Waals surface area contributed by atoms with Crippen molar-refractivity contribution in [2.24, 2.45) is 11.3 Å². The molecule has 4 nitrogen and oxygen atoms in total. The molecule has 1 aromatic rings. The number of carbonyl (C=O) groups excluding carboxylic acids is 1. The van der Waals surface area contributed by atoms with Crippen LogP contribution in [0, 0.1) is 11.3 Å². The smallest absolute Gasteiger partial charge is 0.225 e. The summed E-state index contributed by atoms with van der Waals surface area (Å²) in [6.45, 7) is 5.47. The van der Waals surface area contributed by atoms with Crippen molar-refractivity contribution in [1.29, 1.82) is 0 Å². The molecule has 1 N–H and O–H groups in total. The number of hydrogen-bond acceptors (Lipinski definition) is 3. The number of hydrogen-bond donors (Lipinski definition) is 1. The summed E-state index contributed by atoms with van der Waals surface area (Å²) in [5.74, 6) is 1.51. The van der Waals surface area contributed by atoms with E-state index in [1.54, 1.807) is 25.3 Å². The first-order valence-electron chi connectivity index (χ1n) is 8.85. The predicted octanol–water partition coefficient (Wildman–Crippen LogP) is 4.19. The van der Waals surface area contributed by atoms with Crippen molar-refractivity contribution in [2.75, 3.05) is 32.1 Å². The summed E-state index contributed by atoms with van der Waals surface area (Å²) in [5, 5.41) is 3.51. The summed E-state index contributed by atoms with van der Waals surface area (Å²) in [6.07, 6.45) is 5.87. The van der Waals surface area contributed by atoms with Crippen LogP contribution in [0.3, 0.4) is 0 Å². The third kappa shape index (κ3) is 4.04. The van der Waals surface area contributed by atoms with Crippen molar-refractivity contribution < 1.29 is 9.53 Å². The van der Waals surface area contributed by atoms with E-state index >= 15 is 0 Å². The maximum Gasteiger partial charge on any atom is 0.225 e. The highest BCUT2D eigenvalue weighted by molar-refractivity contribution is 6.31. The summed E-state index contributed by atoms with van der Waals surface area (Å²) < 4.78 is 5.27. The van der Waals surface area contributed by atoms with Crippen LogP contribution in [0.15, 0.2) is 18.2 Å². The van der Waals surface area contributed by atoms with Gasteiger partial charge in [0.15, 0.2) is 0 Å². The van der Waals surface area contributed by atoms with Gasteiger partial charge in [0.05, 0.1) is 12.8 Å². The molecule has 1 aliphatic carbocycles. The molecule has 0 radical (unpaired) electrons. The summed E-state index contributed by atoms with van der Waals surface area (Å²) in [5.41, 5.74) is 1.17. The van der Waals surface area contributed by atoms with E-state index in [1.165, 1.54) is 25.7 Å². The molecule has 0 unspecified atom stereocenters. The second-order valence-electron chi connectivity index (χ2n) is 7.52. The van der Waals surface area contributed by atoms with Crippen LogP contribution in [0.1, 0.15) is 39.0 Å². The lowest BCUT2D eigenvalue weighted by atomic mass is 9.85. The fourth-order valence-electron chi connectivity index (χ4n) is 4.34. The molecule has 1 saturated carbocycles. The molecule has 5 heteroatoms. The second-order valence-corrected chi connectivity index (χ2v) is 7.95. The number of likely N-dealkylation sites (tertiary alicyclic amines) is 1. The Morgan fingerprint density at radius 2 is 2.29 bits per heavy atom. The molecule has 1 spiro atoms. The largest absolute Gasteiger partial charge is 0.495 e. The van der Waals surface area contributed by atoms with Gasteiger partial charge in [-0.2, -0.15) is 0 Å².